The topological polar surface area (TPSA) is 105 Å². The molecule has 2 heterocycles. The lowest BCUT2D eigenvalue weighted by Gasteiger charge is -2.35. The number of nitrogens with one attached hydrogen (secondary N) is 1. The summed E-state index contributed by atoms with van der Waals surface area (Å²) >= 11 is 6.38. The lowest BCUT2D eigenvalue weighted by atomic mass is 9.74. The van der Waals surface area contributed by atoms with Gasteiger partial charge in [-0.3, -0.25) is 14.3 Å². The number of benzene rings is 1. The molecule has 2 atom stereocenters. The van der Waals surface area contributed by atoms with E-state index in [2.05, 4.69) is 15.4 Å². The van der Waals surface area contributed by atoms with Crippen LogP contribution in [-0.2, 0) is 18.4 Å². The van der Waals surface area contributed by atoms with Gasteiger partial charge in [0.25, 0.3) is 0 Å². The van der Waals surface area contributed by atoms with Crippen molar-refractivity contribution in [2.75, 3.05) is 14.2 Å². The van der Waals surface area contributed by atoms with Crippen molar-refractivity contribution in [2.24, 2.45) is 13.0 Å². The Morgan fingerprint density at radius 2 is 2.07 bits per heavy atom. The van der Waals surface area contributed by atoms with E-state index in [0.717, 1.165) is 0 Å². The van der Waals surface area contributed by atoms with E-state index in [9.17, 15) is 9.59 Å². The predicted molar refractivity (Wildman–Crippen MR) is 107 cm³/mol. The van der Waals surface area contributed by atoms with Gasteiger partial charge in [-0.25, -0.2) is 4.98 Å². The van der Waals surface area contributed by atoms with Gasteiger partial charge in [0.2, 0.25) is 17.2 Å². The van der Waals surface area contributed by atoms with E-state index in [1.165, 1.54) is 26.4 Å². The fourth-order valence-electron chi connectivity index (χ4n) is 3.91. The van der Waals surface area contributed by atoms with E-state index in [1.54, 1.807) is 25.0 Å². The first-order valence-corrected chi connectivity index (χ1v) is 9.71. The highest BCUT2D eigenvalue weighted by Gasteiger charge is 2.60. The lowest BCUT2D eigenvalue weighted by Crippen LogP contribution is -2.55. The molecule has 0 saturated carbocycles. The number of rotatable bonds is 5. The number of carbonyl (C=O) groups excluding carboxylic acids is 2. The molecule has 1 aromatic heterocycles. The molecule has 0 radical (unpaired) electrons. The first kappa shape index (κ1) is 20.2. The number of ether oxygens (including phenoxy) is 3. The molecule has 1 spiro atoms. The minimum absolute atomic E-state index is 0.112. The maximum Gasteiger partial charge on any atom is 0.236 e. The van der Waals surface area contributed by atoms with Crippen LogP contribution in [0.2, 0.25) is 5.02 Å². The number of hydrogen-bond acceptors (Lipinski definition) is 8. The predicted octanol–water partition coefficient (Wildman–Crippen LogP) is 2.08. The second kappa shape index (κ2) is 7.32. The van der Waals surface area contributed by atoms with E-state index in [4.69, 9.17) is 25.8 Å². The van der Waals surface area contributed by atoms with Gasteiger partial charge in [-0.2, -0.15) is 5.10 Å². The van der Waals surface area contributed by atoms with Crippen LogP contribution in [0.5, 0.6) is 17.2 Å². The second-order valence-corrected chi connectivity index (χ2v) is 7.67. The SMILES string of the molecule is COc1cc(OC)c2c(c1Cl)OC1(C(=O)C=C(NCc3ncn(C)n3)CC1C)C2=O. The number of allylic oxidation sites excluding steroid dienone is 1. The van der Waals surface area contributed by atoms with Crippen molar-refractivity contribution in [2.45, 2.75) is 25.5 Å². The van der Waals surface area contributed by atoms with Crippen molar-refractivity contribution in [3.05, 3.63) is 40.6 Å². The molecule has 1 aliphatic heterocycles. The lowest BCUT2D eigenvalue weighted by molar-refractivity contribution is -0.129. The summed E-state index contributed by atoms with van der Waals surface area (Å²) in [5.74, 6) is -0.0884. The monoisotopic (exact) mass is 432 g/mol. The highest BCUT2D eigenvalue weighted by Crippen LogP contribution is 2.52. The highest BCUT2D eigenvalue weighted by molar-refractivity contribution is 6.36. The van der Waals surface area contributed by atoms with Crippen LogP contribution in [0.3, 0.4) is 0 Å². The fraction of sp³-hybridized carbons (Fsp3) is 0.400. The van der Waals surface area contributed by atoms with Gasteiger partial charge >= 0.3 is 0 Å². The Bertz CT molecular complexity index is 1080. The van der Waals surface area contributed by atoms with E-state index in [-0.39, 0.29) is 22.1 Å². The zero-order chi connectivity index (χ0) is 21.6. The molecule has 1 N–H and O–H groups in total. The first-order valence-electron chi connectivity index (χ1n) is 9.33. The molecular formula is C20H21ClN4O5. The molecule has 0 saturated heterocycles. The molecule has 9 nitrogen and oxygen atoms in total. The molecule has 0 bridgehead atoms. The van der Waals surface area contributed by atoms with Crippen LogP contribution in [0.4, 0.5) is 0 Å². The zero-order valence-corrected chi connectivity index (χ0v) is 17.7. The second-order valence-electron chi connectivity index (χ2n) is 7.29. The van der Waals surface area contributed by atoms with Crippen molar-refractivity contribution < 1.29 is 23.8 Å². The number of ketones is 2. The molecule has 2 unspecified atom stereocenters. The number of methoxy groups -OCH3 is 2. The number of aromatic nitrogens is 3. The molecule has 0 amide bonds. The summed E-state index contributed by atoms with van der Waals surface area (Å²) in [6.07, 6.45) is 3.43. The first-order chi connectivity index (χ1) is 14.3. The standard InChI is InChI=1S/C20H21ClN4O5/c1-10-5-11(22-8-15-23-9-25(2)24-15)6-14(26)20(10)19(27)16-12(28-3)7-13(29-4)17(21)18(16)30-20/h6-7,9-10,22H,5,8H2,1-4H3. The van der Waals surface area contributed by atoms with Gasteiger partial charge in [0.05, 0.1) is 20.8 Å². The maximum atomic E-state index is 13.4. The van der Waals surface area contributed by atoms with Gasteiger partial charge in [-0.15, -0.1) is 0 Å². The van der Waals surface area contributed by atoms with Crippen molar-refractivity contribution in [3.63, 3.8) is 0 Å². The van der Waals surface area contributed by atoms with Crippen molar-refractivity contribution in [1.82, 2.24) is 20.1 Å². The molecule has 4 rings (SSSR count). The molecule has 1 aliphatic carbocycles. The number of hydrogen-bond donors (Lipinski definition) is 1. The molecule has 30 heavy (non-hydrogen) atoms. The smallest absolute Gasteiger partial charge is 0.236 e. The summed E-state index contributed by atoms with van der Waals surface area (Å²) in [7, 11) is 4.66. The van der Waals surface area contributed by atoms with Crippen LogP contribution in [0.1, 0.15) is 29.5 Å². The molecule has 10 heteroatoms. The van der Waals surface area contributed by atoms with Crippen LogP contribution in [0.15, 0.2) is 24.2 Å². The Kier molecular flexibility index (Phi) is 4.93. The van der Waals surface area contributed by atoms with Gasteiger partial charge in [0, 0.05) is 30.8 Å². The Morgan fingerprint density at radius 1 is 1.33 bits per heavy atom. The molecule has 1 aromatic carbocycles. The van der Waals surface area contributed by atoms with Gasteiger partial charge in [-0.1, -0.05) is 18.5 Å². The average Bonchev–Trinajstić information content (AvgIpc) is 3.27. The van der Waals surface area contributed by atoms with Gasteiger partial charge < -0.3 is 19.5 Å². The zero-order valence-electron chi connectivity index (χ0n) is 17.0. The minimum Gasteiger partial charge on any atom is -0.496 e. The molecular weight excluding hydrogens is 412 g/mol. The van der Waals surface area contributed by atoms with E-state index < -0.39 is 23.1 Å². The third kappa shape index (κ3) is 2.92. The molecule has 158 valence electrons. The third-order valence-electron chi connectivity index (χ3n) is 5.43. The van der Waals surface area contributed by atoms with E-state index in [1.807, 2.05) is 0 Å². The summed E-state index contributed by atoms with van der Waals surface area (Å²) in [6.45, 7) is 2.17. The van der Waals surface area contributed by atoms with Gasteiger partial charge in [0.1, 0.15) is 28.4 Å². The Balaban J connectivity index is 1.66. The van der Waals surface area contributed by atoms with E-state index in [0.29, 0.717) is 30.2 Å². The summed E-state index contributed by atoms with van der Waals surface area (Å²) in [5, 5.41) is 7.50. The Morgan fingerprint density at radius 3 is 2.67 bits per heavy atom. The van der Waals surface area contributed by atoms with Crippen molar-refractivity contribution >= 4 is 23.2 Å². The number of nitrogens with zero attached hydrogens (tertiary/aromatic N) is 3. The number of halogens is 1. The summed E-state index contributed by atoms with van der Waals surface area (Å²) in [6, 6.07) is 1.52. The quantitative estimate of drug-likeness (QED) is 0.716. The number of fused-ring (bicyclic) bond motifs is 1. The third-order valence-corrected chi connectivity index (χ3v) is 5.79. The van der Waals surface area contributed by atoms with Crippen LogP contribution >= 0.6 is 11.6 Å². The maximum absolute atomic E-state index is 13.4. The van der Waals surface area contributed by atoms with Gasteiger partial charge in [-0.05, 0) is 6.42 Å². The normalized spacial score (nSPS) is 22.6. The number of aryl methyl sites for hydroxylation is 1. The molecule has 2 aliphatic rings. The van der Waals surface area contributed by atoms with E-state index >= 15 is 0 Å². The summed E-state index contributed by atoms with van der Waals surface area (Å²) in [4.78, 5) is 30.8. The average molecular weight is 433 g/mol. The van der Waals surface area contributed by atoms with Crippen molar-refractivity contribution in [1.29, 1.82) is 0 Å². The van der Waals surface area contributed by atoms with Crippen LogP contribution < -0.4 is 19.5 Å². The Labute approximate surface area is 178 Å². The molecule has 2 aromatic rings. The van der Waals surface area contributed by atoms with Gasteiger partial charge in [0.15, 0.2) is 11.6 Å². The van der Waals surface area contributed by atoms with Crippen LogP contribution in [0, 0.1) is 5.92 Å². The largest absolute Gasteiger partial charge is 0.496 e. The fourth-order valence-corrected chi connectivity index (χ4v) is 4.17. The van der Waals surface area contributed by atoms with Crippen molar-refractivity contribution in [3.8, 4) is 17.2 Å². The minimum atomic E-state index is -1.68. The Hall–Kier alpha value is -3.07. The highest BCUT2D eigenvalue weighted by atomic mass is 35.5. The molecule has 0 fully saturated rings. The van der Waals surface area contributed by atoms with Crippen LogP contribution in [-0.4, -0.2) is 46.2 Å². The summed E-state index contributed by atoms with van der Waals surface area (Å²) in [5.41, 5.74) is -0.834. The number of carbonyl (C=O) groups is 2. The number of Topliss-reactive ketones (excluding diaryl/α,β-unsaturated/α-hetero) is 1. The summed E-state index contributed by atoms with van der Waals surface area (Å²) < 4.78 is 18.2. The van der Waals surface area contributed by atoms with Crippen LogP contribution in [0.25, 0.3) is 0 Å².